The molecule has 0 atom stereocenters. The number of rotatable bonds is 1. The standard InChI is InChI=1S/C33H25BN2O2/c1-31(2)32(3,4)38-34(37-31)22-11-14-26-23-7-5-6-8-27(23)33(30(26)17-22)28-15-20(18-35)9-12-24(28)25-13-10-21(19-36)16-29(25)33/h5-17H,1-4H3. The van der Waals surface area contributed by atoms with Crippen LogP contribution in [0, 0.1) is 22.7 Å². The van der Waals surface area contributed by atoms with E-state index in [1.165, 1.54) is 0 Å². The molecule has 7 rings (SSSR count). The molecule has 0 saturated carbocycles. The minimum atomic E-state index is -0.657. The number of hydrogen-bond donors (Lipinski definition) is 0. The van der Waals surface area contributed by atoms with Crippen molar-refractivity contribution in [3.8, 4) is 34.4 Å². The van der Waals surface area contributed by atoms with Crippen LogP contribution in [0.25, 0.3) is 22.3 Å². The summed E-state index contributed by atoms with van der Waals surface area (Å²) >= 11 is 0. The number of fused-ring (bicyclic) bond motifs is 10. The second kappa shape index (κ2) is 7.45. The first kappa shape index (κ1) is 23.0. The van der Waals surface area contributed by atoms with Crippen LogP contribution in [0.15, 0.2) is 78.9 Å². The van der Waals surface area contributed by atoms with Crippen molar-refractivity contribution >= 4 is 12.6 Å². The highest BCUT2D eigenvalue weighted by Gasteiger charge is 2.54. The van der Waals surface area contributed by atoms with Gasteiger partial charge < -0.3 is 9.31 Å². The third-order valence-corrected chi connectivity index (χ3v) is 8.99. The van der Waals surface area contributed by atoms with Crippen LogP contribution in [0.5, 0.6) is 0 Å². The number of benzene rings is 4. The highest BCUT2D eigenvalue weighted by atomic mass is 16.7. The molecular formula is C33H25BN2O2. The summed E-state index contributed by atoms with van der Waals surface area (Å²) in [6, 6.07) is 31.6. The van der Waals surface area contributed by atoms with Crippen molar-refractivity contribution in [3.05, 3.63) is 112 Å². The van der Waals surface area contributed by atoms with E-state index in [1.807, 2.05) is 36.4 Å². The fourth-order valence-electron chi connectivity index (χ4n) is 6.47. The lowest BCUT2D eigenvalue weighted by Crippen LogP contribution is -2.41. The predicted molar refractivity (Wildman–Crippen MR) is 148 cm³/mol. The molecule has 0 bridgehead atoms. The normalized spacial score (nSPS) is 18.3. The SMILES string of the molecule is CC1(C)OB(c2ccc3c(c2)C2(c4ccccc4-3)c3cc(C#N)ccc3-c3ccc(C#N)cc32)OC1(C)C. The van der Waals surface area contributed by atoms with Gasteiger partial charge in [0.1, 0.15) is 0 Å². The van der Waals surface area contributed by atoms with Gasteiger partial charge in [0.2, 0.25) is 0 Å². The molecule has 1 aliphatic heterocycles. The fourth-order valence-corrected chi connectivity index (χ4v) is 6.47. The summed E-state index contributed by atoms with van der Waals surface area (Å²) in [7, 11) is -0.498. The largest absolute Gasteiger partial charge is 0.494 e. The van der Waals surface area contributed by atoms with E-state index in [1.54, 1.807) is 0 Å². The first-order valence-electron chi connectivity index (χ1n) is 12.9. The second-order valence-electron chi connectivity index (χ2n) is 11.4. The molecule has 38 heavy (non-hydrogen) atoms. The molecule has 5 heteroatoms. The Kier molecular flexibility index (Phi) is 4.51. The molecule has 4 nitrogen and oxygen atoms in total. The third kappa shape index (κ3) is 2.76. The molecule has 182 valence electrons. The summed E-state index contributed by atoms with van der Waals surface area (Å²) in [5.41, 5.74) is 9.53. The van der Waals surface area contributed by atoms with Gasteiger partial charge in [0, 0.05) is 0 Å². The van der Waals surface area contributed by atoms with E-state index in [2.05, 4.69) is 82.3 Å². The van der Waals surface area contributed by atoms with E-state index in [0.717, 1.165) is 50.0 Å². The number of nitriles is 2. The van der Waals surface area contributed by atoms with Crippen molar-refractivity contribution in [2.45, 2.75) is 44.3 Å². The minimum Gasteiger partial charge on any atom is -0.399 e. The summed E-state index contributed by atoms with van der Waals surface area (Å²) < 4.78 is 12.9. The van der Waals surface area contributed by atoms with E-state index in [4.69, 9.17) is 9.31 Å². The van der Waals surface area contributed by atoms with Crippen LogP contribution in [0.2, 0.25) is 0 Å². The Bertz CT molecular complexity index is 1690. The molecule has 1 heterocycles. The lowest BCUT2D eigenvalue weighted by molar-refractivity contribution is 0.00578. The van der Waals surface area contributed by atoms with Gasteiger partial charge in [-0.05, 0) is 102 Å². The van der Waals surface area contributed by atoms with E-state index < -0.39 is 23.7 Å². The number of hydrogen-bond acceptors (Lipinski definition) is 4. The summed E-state index contributed by atoms with van der Waals surface area (Å²) in [6.07, 6.45) is 0. The van der Waals surface area contributed by atoms with E-state index in [-0.39, 0.29) is 0 Å². The van der Waals surface area contributed by atoms with Crippen LogP contribution in [0.4, 0.5) is 0 Å². The van der Waals surface area contributed by atoms with Gasteiger partial charge in [-0.2, -0.15) is 10.5 Å². The zero-order chi connectivity index (χ0) is 26.4. The quantitative estimate of drug-likeness (QED) is 0.261. The lowest BCUT2D eigenvalue weighted by atomic mass is 9.68. The van der Waals surface area contributed by atoms with Crippen LogP contribution >= 0.6 is 0 Å². The van der Waals surface area contributed by atoms with Crippen LogP contribution < -0.4 is 5.46 Å². The summed E-state index contributed by atoms with van der Waals surface area (Å²) in [5.74, 6) is 0. The van der Waals surface area contributed by atoms with Gasteiger partial charge in [-0.1, -0.05) is 54.6 Å². The second-order valence-corrected chi connectivity index (χ2v) is 11.4. The molecule has 1 spiro atoms. The molecule has 2 aliphatic carbocycles. The van der Waals surface area contributed by atoms with Crippen LogP contribution in [-0.2, 0) is 14.7 Å². The molecule has 1 fully saturated rings. The molecule has 0 amide bonds. The van der Waals surface area contributed by atoms with E-state index >= 15 is 0 Å². The van der Waals surface area contributed by atoms with Crippen LogP contribution in [0.3, 0.4) is 0 Å². The molecule has 3 aliphatic rings. The zero-order valence-electron chi connectivity index (χ0n) is 21.8. The Morgan fingerprint density at radius 2 is 1.05 bits per heavy atom. The first-order valence-corrected chi connectivity index (χ1v) is 12.9. The van der Waals surface area contributed by atoms with Gasteiger partial charge in [-0.25, -0.2) is 0 Å². The highest BCUT2D eigenvalue weighted by molar-refractivity contribution is 6.62. The number of nitrogens with zero attached hydrogens (tertiary/aromatic N) is 2. The third-order valence-electron chi connectivity index (χ3n) is 8.99. The Morgan fingerprint density at radius 1 is 0.579 bits per heavy atom. The maximum absolute atomic E-state index is 9.85. The van der Waals surface area contributed by atoms with Crippen molar-refractivity contribution in [2.75, 3.05) is 0 Å². The molecular weight excluding hydrogens is 467 g/mol. The van der Waals surface area contributed by atoms with E-state index in [0.29, 0.717) is 11.1 Å². The average molecular weight is 492 g/mol. The van der Waals surface area contributed by atoms with Gasteiger partial charge in [0.25, 0.3) is 0 Å². The fraction of sp³-hybridized carbons (Fsp3) is 0.212. The molecule has 0 unspecified atom stereocenters. The van der Waals surface area contributed by atoms with Gasteiger partial charge in [-0.15, -0.1) is 0 Å². The van der Waals surface area contributed by atoms with Crippen molar-refractivity contribution in [1.82, 2.24) is 0 Å². The van der Waals surface area contributed by atoms with Crippen molar-refractivity contribution in [3.63, 3.8) is 0 Å². The summed E-state index contributed by atoms with van der Waals surface area (Å²) in [5, 5.41) is 19.7. The molecule has 0 radical (unpaired) electrons. The van der Waals surface area contributed by atoms with Crippen molar-refractivity contribution < 1.29 is 9.31 Å². The smallest absolute Gasteiger partial charge is 0.399 e. The molecule has 1 saturated heterocycles. The predicted octanol–water partition coefficient (Wildman–Crippen LogP) is 6.07. The average Bonchev–Trinajstić information content (AvgIpc) is 3.46. The molecule has 4 aromatic carbocycles. The minimum absolute atomic E-state index is 0.451. The topological polar surface area (TPSA) is 66.0 Å². The Morgan fingerprint density at radius 3 is 1.61 bits per heavy atom. The summed E-state index contributed by atoms with van der Waals surface area (Å²) in [6.45, 7) is 8.25. The molecule has 4 aromatic rings. The van der Waals surface area contributed by atoms with Gasteiger partial charge >= 0.3 is 7.12 Å². The monoisotopic (exact) mass is 492 g/mol. The van der Waals surface area contributed by atoms with E-state index in [9.17, 15) is 10.5 Å². The van der Waals surface area contributed by atoms with Crippen LogP contribution in [0.1, 0.15) is 61.1 Å². The van der Waals surface area contributed by atoms with Gasteiger partial charge in [0.05, 0.1) is 39.9 Å². The Balaban J connectivity index is 1.57. The Labute approximate surface area is 223 Å². The lowest BCUT2D eigenvalue weighted by Gasteiger charge is -2.32. The maximum Gasteiger partial charge on any atom is 0.494 e. The summed E-state index contributed by atoms with van der Waals surface area (Å²) in [4.78, 5) is 0. The maximum atomic E-state index is 9.85. The van der Waals surface area contributed by atoms with Gasteiger partial charge in [-0.3, -0.25) is 0 Å². The molecule has 0 N–H and O–H groups in total. The Hall–Kier alpha value is -4.16. The zero-order valence-corrected chi connectivity index (χ0v) is 21.8. The van der Waals surface area contributed by atoms with Crippen molar-refractivity contribution in [1.29, 1.82) is 10.5 Å². The van der Waals surface area contributed by atoms with Gasteiger partial charge in [0.15, 0.2) is 0 Å². The van der Waals surface area contributed by atoms with Crippen molar-refractivity contribution in [2.24, 2.45) is 0 Å². The highest BCUT2D eigenvalue weighted by Crippen LogP contribution is 2.62. The molecule has 0 aromatic heterocycles. The first-order chi connectivity index (χ1) is 18.2. The van der Waals surface area contributed by atoms with Crippen LogP contribution in [-0.4, -0.2) is 18.3 Å².